The first-order valence-corrected chi connectivity index (χ1v) is 6.71. The number of ether oxygens (including phenoxy) is 1. The maximum atomic E-state index is 12.3. The zero-order valence-electron chi connectivity index (χ0n) is 11.3. The SMILES string of the molecule is Nc1cccc2c1C(=O)N(C(=O)CC1COCCN1)C2=O. The maximum absolute atomic E-state index is 12.3. The molecule has 1 aromatic rings. The Morgan fingerprint density at radius 1 is 1.38 bits per heavy atom. The fraction of sp³-hybridized carbons (Fsp3) is 0.357. The van der Waals surface area contributed by atoms with Gasteiger partial charge in [0.05, 0.1) is 24.3 Å². The lowest BCUT2D eigenvalue weighted by atomic mass is 10.1. The first-order chi connectivity index (χ1) is 10.1. The summed E-state index contributed by atoms with van der Waals surface area (Å²) in [6.07, 6.45) is 0.0331. The molecule has 21 heavy (non-hydrogen) atoms. The van der Waals surface area contributed by atoms with Gasteiger partial charge in [-0.2, -0.15) is 0 Å². The van der Waals surface area contributed by atoms with Crippen LogP contribution in [-0.2, 0) is 9.53 Å². The van der Waals surface area contributed by atoms with Crippen molar-refractivity contribution >= 4 is 23.4 Å². The van der Waals surface area contributed by atoms with Gasteiger partial charge in [-0.15, -0.1) is 0 Å². The number of hydrogen-bond donors (Lipinski definition) is 2. The van der Waals surface area contributed by atoms with E-state index in [0.717, 1.165) is 0 Å². The number of nitrogens with two attached hydrogens (primary N) is 1. The molecule has 7 heteroatoms. The number of anilines is 1. The predicted molar refractivity (Wildman–Crippen MR) is 73.6 cm³/mol. The van der Waals surface area contributed by atoms with Gasteiger partial charge in [-0.05, 0) is 12.1 Å². The van der Waals surface area contributed by atoms with Crippen LogP contribution < -0.4 is 11.1 Å². The van der Waals surface area contributed by atoms with Gasteiger partial charge in [0.25, 0.3) is 11.8 Å². The van der Waals surface area contributed by atoms with Gasteiger partial charge in [0, 0.05) is 24.7 Å². The summed E-state index contributed by atoms with van der Waals surface area (Å²) in [6, 6.07) is 4.44. The second kappa shape index (κ2) is 5.27. The average Bonchev–Trinajstić information content (AvgIpc) is 2.73. The number of morpholine rings is 1. The normalized spacial score (nSPS) is 21.5. The van der Waals surface area contributed by atoms with Crippen LogP contribution in [0, 0.1) is 0 Å². The van der Waals surface area contributed by atoms with Gasteiger partial charge in [-0.25, -0.2) is 4.90 Å². The number of hydrogen-bond acceptors (Lipinski definition) is 6. The van der Waals surface area contributed by atoms with Crippen molar-refractivity contribution in [1.29, 1.82) is 0 Å². The number of amides is 3. The summed E-state index contributed by atoms with van der Waals surface area (Å²) in [5.41, 5.74) is 6.23. The number of carbonyl (C=O) groups excluding carboxylic acids is 3. The highest BCUT2D eigenvalue weighted by Crippen LogP contribution is 2.28. The first-order valence-electron chi connectivity index (χ1n) is 6.71. The zero-order valence-corrected chi connectivity index (χ0v) is 11.3. The van der Waals surface area contributed by atoms with Crippen molar-refractivity contribution < 1.29 is 19.1 Å². The van der Waals surface area contributed by atoms with Crippen LogP contribution in [0.25, 0.3) is 0 Å². The molecule has 3 amide bonds. The molecule has 0 saturated carbocycles. The third-order valence-electron chi connectivity index (χ3n) is 3.62. The van der Waals surface area contributed by atoms with E-state index in [1.807, 2.05) is 0 Å². The van der Waals surface area contributed by atoms with Crippen LogP contribution in [0.4, 0.5) is 5.69 Å². The Morgan fingerprint density at radius 2 is 2.19 bits per heavy atom. The van der Waals surface area contributed by atoms with E-state index in [1.165, 1.54) is 12.1 Å². The molecule has 3 rings (SSSR count). The average molecular weight is 289 g/mol. The van der Waals surface area contributed by atoms with Gasteiger partial charge in [0.1, 0.15) is 0 Å². The first kappa shape index (κ1) is 13.7. The largest absolute Gasteiger partial charge is 0.398 e. The summed E-state index contributed by atoms with van der Waals surface area (Å²) in [4.78, 5) is 37.4. The van der Waals surface area contributed by atoms with Crippen molar-refractivity contribution in [2.75, 3.05) is 25.5 Å². The Bertz CT molecular complexity index is 623. The number of nitrogens with one attached hydrogen (secondary N) is 1. The summed E-state index contributed by atoms with van der Waals surface area (Å²) < 4.78 is 5.26. The molecular weight excluding hydrogens is 274 g/mol. The predicted octanol–water partition coefficient (Wildman–Crippen LogP) is -0.230. The van der Waals surface area contributed by atoms with Gasteiger partial charge in [-0.1, -0.05) is 6.07 Å². The lowest BCUT2D eigenvalue weighted by Gasteiger charge is -2.24. The molecule has 0 aliphatic carbocycles. The van der Waals surface area contributed by atoms with Gasteiger partial charge < -0.3 is 15.8 Å². The highest BCUT2D eigenvalue weighted by Gasteiger charge is 2.41. The molecule has 2 aliphatic heterocycles. The number of rotatable bonds is 2. The molecule has 110 valence electrons. The summed E-state index contributed by atoms with van der Waals surface area (Å²) in [5, 5.41) is 3.12. The lowest BCUT2D eigenvalue weighted by Crippen LogP contribution is -2.46. The number of imide groups is 3. The van der Waals surface area contributed by atoms with Crippen molar-refractivity contribution in [2.45, 2.75) is 12.5 Å². The number of benzene rings is 1. The molecule has 0 aromatic heterocycles. The van der Waals surface area contributed by atoms with Crippen molar-refractivity contribution in [3.8, 4) is 0 Å². The van der Waals surface area contributed by atoms with Gasteiger partial charge in [0.15, 0.2) is 0 Å². The minimum absolute atomic E-state index is 0.0331. The van der Waals surface area contributed by atoms with E-state index in [4.69, 9.17) is 10.5 Å². The number of carbonyl (C=O) groups is 3. The lowest BCUT2D eigenvalue weighted by molar-refractivity contribution is -0.127. The van der Waals surface area contributed by atoms with Crippen molar-refractivity contribution in [3.05, 3.63) is 29.3 Å². The molecule has 2 heterocycles. The molecule has 3 N–H and O–H groups in total. The Hall–Kier alpha value is -2.25. The quantitative estimate of drug-likeness (QED) is 0.576. The third kappa shape index (κ3) is 2.30. The van der Waals surface area contributed by atoms with Crippen LogP contribution >= 0.6 is 0 Å². The molecule has 1 aromatic carbocycles. The van der Waals surface area contributed by atoms with Crippen molar-refractivity contribution in [1.82, 2.24) is 10.2 Å². The van der Waals surface area contributed by atoms with Gasteiger partial charge in [-0.3, -0.25) is 14.4 Å². The topological polar surface area (TPSA) is 102 Å². The molecular formula is C14H15N3O4. The van der Waals surface area contributed by atoms with E-state index < -0.39 is 17.7 Å². The second-order valence-corrected chi connectivity index (χ2v) is 5.04. The summed E-state index contributed by atoms with van der Waals surface area (Å²) in [5.74, 6) is -1.79. The number of nitrogen functional groups attached to an aromatic ring is 1. The Labute approximate surface area is 121 Å². The zero-order chi connectivity index (χ0) is 15.0. The number of nitrogens with zero attached hydrogens (tertiary/aromatic N) is 1. The minimum atomic E-state index is -0.644. The third-order valence-corrected chi connectivity index (χ3v) is 3.62. The molecule has 7 nitrogen and oxygen atoms in total. The molecule has 1 saturated heterocycles. The molecule has 0 bridgehead atoms. The minimum Gasteiger partial charge on any atom is -0.398 e. The molecule has 1 fully saturated rings. The van der Waals surface area contributed by atoms with Crippen LogP contribution in [-0.4, -0.2) is 48.4 Å². The fourth-order valence-corrected chi connectivity index (χ4v) is 2.59. The fourth-order valence-electron chi connectivity index (χ4n) is 2.59. The van der Waals surface area contributed by atoms with E-state index in [-0.39, 0.29) is 29.3 Å². The van der Waals surface area contributed by atoms with Crippen LogP contribution in [0.1, 0.15) is 27.1 Å². The summed E-state index contributed by atoms with van der Waals surface area (Å²) in [7, 11) is 0. The molecule has 1 unspecified atom stereocenters. The Kier molecular flexibility index (Phi) is 3.44. The van der Waals surface area contributed by atoms with Crippen LogP contribution in [0.5, 0.6) is 0 Å². The van der Waals surface area contributed by atoms with Crippen molar-refractivity contribution in [3.63, 3.8) is 0 Å². The highest BCUT2D eigenvalue weighted by atomic mass is 16.5. The van der Waals surface area contributed by atoms with Gasteiger partial charge >= 0.3 is 0 Å². The van der Waals surface area contributed by atoms with Crippen molar-refractivity contribution in [2.24, 2.45) is 0 Å². The maximum Gasteiger partial charge on any atom is 0.270 e. The van der Waals surface area contributed by atoms with E-state index in [9.17, 15) is 14.4 Å². The monoisotopic (exact) mass is 289 g/mol. The van der Waals surface area contributed by atoms with Gasteiger partial charge in [0.2, 0.25) is 5.91 Å². The number of fused-ring (bicyclic) bond motifs is 1. The van der Waals surface area contributed by atoms with Crippen LogP contribution in [0.15, 0.2) is 18.2 Å². The molecule has 0 spiro atoms. The molecule has 0 radical (unpaired) electrons. The van der Waals surface area contributed by atoms with Crippen LogP contribution in [0.2, 0.25) is 0 Å². The van der Waals surface area contributed by atoms with E-state index in [0.29, 0.717) is 24.7 Å². The van der Waals surface area contributed by atoms with E-state index in [1.54, 1.807) is 6.07 Å². The van der Waals surface area contributed by atoms with Crippen LogP contribution in [0.3, 0.4) is 0 Å². The highest BCUT2D eigenvalue weighted by molar-refractivity contribution is 6.30. The smallest absolute Gasteiger partial charge is 0.270 e. The Balaban J connectivity index is 1.81. The second-order valence-electron chi connectivity index (χ2n) is 5.04. The standard InChI is InChI=1S/C14H15N3O4/c15-10-3-1-2-9-12(10)14(20)17(13(9)19)11(18)6-8-7-21-5-4-16-8/h1-3,8,16H,4-7,15H2. The summed E-state index contributed by atoms with van der Waals surface area (Å²) >= 11 is 0. The van der Waals surface area contributed by atoms with E-state index >= 15 is 0 Å². The molecule has 2 aliphatic rings. The summed E-state index contributed by atoms with van der Waals surface area (Å²) in [6.45, 7) is 1.62. The molecule has 1 atom stereocenters. The van der Waals surface area contributed by atoms with E-state index in [2.05, 4.69) is 5.32 Å². The Morgan fingerprint density at radius 3 is 2.86 bits per heavy atom.